The van der Waals surface area contributed by atoms with E-state index in [-0.39, 0.29) is 0 Å². The molecule has 0 amide bonds. The van der Waals surface area contributed by atoms with Crippen molar-refractivity contribution in [3.63, 3.8) is 0 Å². The zero-order valence-corrected chi connectivity index (χ0v) is 10.2. The van der Waals surface area contributed by atoms with E-state index in [1.165, 1.54) is 19.4 Å². The summed E-state index contributed by atoms with van der Waals surface area (Å²) in [5, 5.41) is 12.6. The second-order valence-electron chi connectivity index (χ2n) is 4.72. The molecular formula is C14H21NO2. The first-order valence-electron chi connectivity index (χ1n) is 6.41. The largest absolute Gasteiger partial charge is 0.508 e. The van der Waals surface area contributed by atoms with Gasteiger partial charge in [-0.25, -0.2) is 0 Å². The molecule has 3 nitrogen and oxygen atoms in total. The molecule has 0 aliphatic carbocycles. The van der Waals surface area contributed by atoms with Gasteiger partial charge in [-0.2, -0.15) is 0 Å². The predicted octanol–water partition coefficient (Wildman–Crippen LogP) is 2.30. The van der Waals surface area contributed by atoms with Crippen molar-refractivity contribution in [1.29, 1.82) is 0 Å². The summed E-state index contributed by atoms with van der Waals surface area (Å²) in [4.78, 5) is 0. The minimum atomic E-state index is 0.307. The maximum Gasteiger partial charge on any atom is 0.115 e. The van der Waals surface area contributed by atoms with E-state index in [2.05, 4.69) is 5.32 Å². The quantitative estimate of drug-likeness (QED) is 0.769. The van der Waals surface area contributed by atoms with E-state index in [9.17, 15) is 0 Å². The molecule has 94 valence electrons. The normalized spacial score (nSPS) is 20.4. The summed E-state index contributed by atoms with van der Waals surface area (Å²) in [5.41, 5.74) is 1.12. The predicted molar refractivity (Wildman–Crippen MR) is 68.0 cm³/mol. The van der Waals surface area contributed by atoms with E-state index >= 15 is 0 Å². The van der Waals surface area contributed by atoms with E-state index in [0.29, 0.717) is 12.4 Å². The van der Waals surface area contributed by atoms with Gasteiger partial charge in [-0.15, -0.1) is 0 Å². The fraction of sp³-hybridized carbons (Fsp3) is 0.571. The van der Waals surface area contributed by atoms with Crippen LogP contribution in [0.1, 0.15) is 24.8 Å². The number of nitrogens with one attached hydrogen (secondary N) is 1. The standard InChI is InChI=1S/C14H21NO2/c16-14-5-3-13(4-6-14)11-17-9-7-12-2-1-8-15-10-12/h3-6,12,15-16H,1-2,7-11H2. The smallest absolute Gasteiger partial charge is 0.115 e. The van der Waals surface area contributed by atoms with Gasteiger partial charge in [-0.05, 0) is 56.0 Å². The van der Waals surface area contributed by atoms with Crippen LogP contribution in [0.4, 0.5) is 0 Å². The topological polar surface area (TPSA) is 41.5 Å². The summed E-state index contributed by atoms with van der Waals surface area (Å²) in [6, 6.07) is 7.20. The third-order valence-corrected chi connectivity index (χ3v) is 3.27. The van der Waals surface area contributed by atoms with Crippen molar-refractivity contribution >= 4 is 0 Å². The summed E-state index contributed by atoms with van der Waals surface area (Å²) in [7, 11) is 0. The van der Waals surface area contributed by atoms with Gasteiger partial charge in [-0.1, -0.05) is 12.1 Å². The number of phenolic OH excluding ortho intramolecular Hbond substituents is 1. The first-order valence-corrected chi connectivity index (χ1v) is 6.41. The fourth-order valence-electron chi connectivity index (χ4n) is 2.20. The fourth-order valence-corrected chi connectivity index (χ4v) is 2.20. The van der Waals surface area contributed by atoms with Crippen molar-refractivity contribution in [2.75, 3.05) is 19.7 Å². The second kappa shape index (κ2) is 6.62. The lowest BCUT2D eigenvalue weighted by Gasteiger charge is -2.22. The number of hydrogen-bond acceptors (Lipinski definition) is 3. The van der Waals surface area contributed by atoms with Gasteiger partial charge in [0.1, 0.15) is 5.75 Å². The van der Waals surface area contributed by atoms with E-state index in [4.69, 9.17) is 9.84 Å². The van der Waals surface area contributed by atoms with Gasteiger partial charge >= 0.3 is 0 Å². The number of phenols is 1. The highest BCUT2D eigenvalue weighted by Crippen LogP contribution is 2.15. The van der Waals surface area contributed by atoms with Gasteiger partial charge in [0, 0.05) is 6.61 Å². The van der Waals surface area contributed by atoms with Gasteiger partial charge in [0.05, 0.1) is 6.61 Å². The number of ether oxygens (including phenoxy) is 1. The Morgan fingerprint density at radius 1 is 1.29 bits per heavy atom. The van der Waals surface area contributed by atoms with Crippen molar-refractivity contribution in [1.82, 2.24) is 5.32 Å². The second-order valence-corrected chi connectivity index (χ2v) is 4.72. The minimum absolute atomic E-state index is 0.307. The molecule has 0 spiro atoms. The van der Waals surface area contributed by atoms with Crippen LogP contribution in [0.3, 0.4) is 0 Å². The Balaban J connectivity index is 1.60. The Labute approximate surface area is 103 Å². The van der Waals surface area contributed by atoms with Gasteiger partial charge in [0.25, 0.3) is 0 Å². The summed E-state index contributed by atoms with van der Waals surface area (Å²) in [6.07, 6.45) is 3.77. The van der Waals surface area contributed by atoms with Gasteiger partial charge in [0.15, 0.2) is 0 Å². The van der Waals surface area contributed by atoms with Crippen LogP contribution < -0.4 is 5.32 Å². The highest BCUT2D eigenvalue weighted by atomic mass is 16.5. The molecule has 1 aromatic rings. The molecule has 1 atom stereocenters. The van der Waals surface area contributed by atoms with Crippen LogP contribution in [0.5, 0.6) is 5.75 Å². The van der Waals surface area contributed by atoms with Crippen molar-refractivity contribution < 1.29 is 9.84 Å². The van der Waals surface area contributed by atoms with Crippen LogP contribution in [-0.4, -0.2) is 24.8 Å². The van der Waals surface area contributed by atoms with Crippen molar-refractivity contribution in [2.45, 2.75) is 25.9 Å². The molecule has 0 bridgehead atoms. The van der Waals surface area contributed by atoms with Gasteiger partial charge in [-0.3, -0.25) is 0 Å². The number of benzene rings is 1. The summed E-state index contributed by atoms with van der Waals surface area (Å²) in [6.45, 7) is 3.78. The molecule has 1 unspecified atom stereocenters. The molecule has 2 rings (SSSR count). The molecule has 1 aliphatic heterocycles. The van der Waals surface area contributed by atoms with E-state index < -0.39 is 0 Å². The Morgan fingerprint density at radius 2 is 2.12 bits per heavy atom. The van der Waals surface area contributed by atoms with E-state index in [1.807, 2.05) is 12.1 Å². The molecule has 0 aromatic heterocycles. The summed E-state index contributed by atoms with van der Waals surface area (Å²) in [5.74, 6) is 1.09. The maximum atomic E-state index is 9.15. The number of rotatable bonds is 5. The van der Waals surface area contributed by atoms with E-state index in [1.54, 1.807) is 12.1 Å². The van der Waals surface area contributed by atoms with Gasteiger partial charge < -0.3 is 15.2 Å². The first-order chi connectivity index (χ1) is 8.34. The molecule has 1 heterocycles. The molecule has 1 aromatic carbocycles. The average molecular weight is 235 g/mol. The number of piperidine rings is 1. The van der Waals surface area contributed by atoms with Gasteiger partial charge in [0.2, 0.25) is 0 Å². The third-order valence-electron chi connectivity index (χ3n) is 3.27. The molecular weight excluding hydrogens is 214 g/mol. The van der Waals surface area contributed by atoms with Crippen LogP contribution >= 0.6 is 0 Å². The molecule has 0 radical (unpaired) electrons. The summed E-state index contributed by atoms with van der Waals surface area (Å²) >= 11 is 0. The van der Waals surface area contributed by atoms with Crippen molar-refractivity contribution in [3.8, 4) is 5.75 Å². The minimum Gasteiger partial charge on any atom is -0.508 e. The van der Waals surface area contributed by atoms with Crippen LogP contribution in [-0.2, 0) is 11.3 Å². The SMILES string of the molecule is Oc1ccc(COCCC2CCCNC2)cc1. The third kappa shape index (κ3) is 4.36. The lowest BCUT2D eigenvalue weighted by molar-refractivity contribution is 0.103. The lowest BCUT2D eigenvalue weighted by Crippen LogP contribution is -2.30. The zero-order chi connectivity index (χ0) is 11.9. The Hall–Kier alpha value is -1.06. The van der Waals surface area contributed by atoms with Crippen LogP contribution in [0, 0.1) is 5.92 Å². The van der Waals surface area contributed by atoms with E-state index in [0.717, 1.165) is 31.1 Å². The molecule has 17 heavy (non-hydrogen) atoms. The molecule has 1 fully saturated rings. The first kappa shape index (κ1) is 12.4. The molecule has 0 saturated carbocycles. The Kier molecular flexibility index (Phi) is 4.83. The van der Waals surface area contributed by atoms with Crippen molar-refractivity contribution in [3.05, 3.63) is 29.8 Å². The molecule has 2 N–H and O–H groups in total. The number of aromatic hydroxyl groups is 1. The molecule has 1 aliphatic rings. The van der Waals surface area contributed by atoms with Crippen LogP contribution in [0.2, 0.25) is 0 Å². The molecule has 1 saturated heterocycles. The average Bonchev–Trinajstić information content (AvgIpc) is 2.38. The number of hydrogen-bond donors (Lipinski definition) is 2. The van der Waals surface area contributed by atoms with Crippen LogP contribution in [0.25, 0.3) is 0 Å². The lowest BCUT2D eigenvalue weighted by atomic mass is 9.97. The summed E-state index contributed by atoms with van der Waals surface area (Å²) < 4.78 is 5.65. The monoisotopic (exact) mass is 235 g/mol. The highest BCUT2D eigenvalue weighted by Gasteiger charge is 2.12. The van der Waals surface area contributed by atoms with Crippen molar-refractivity contribution in [2.24, 2.45) is 5.92 Å². The Morgan fingerprint density at radius 3 is 2.82 bits per heavy atom. The zero-order valence-electron chi connectivity index (χ0n) is 10.2. The molecule has 3 heteroatoms. The maximum absolute atomic E-state index is 9.15. The Bertz CT molecular complexity index is 317. The highest BCUT2D eigenvalue weighted by molar-refractivity contribution is 5.25. The van der Waals surface area contributed by atoms with Crippen LogP contribution in [0.15, 0.2) is 24.3 Å².